The Labute approximate surface area is 122 Å². The fraction of sp³-hybridized carbons (Fsp3) is 0.312. The van der Waals surface area contributed by atoms with Gasteiger partial charge in [-0.3, -0.25) is 14.5 Å². The Balaban J connectivity index is 1.88. The van der Waals surface area contributed by atoms with Crippen LogP contribution in [0.3, 0.4) is 0 Å². The molecule has 21 heavy (non-hydrogen) atoms. The minimum Gasteiger partial charge on any atom is -0.313 e. The smallest absolute Gasteiger partial charge is 0.261 e. The van der Waals surface area contributed by atoms with Crippen molar-refractivity contribution >= 4 is 11.8 Å². The monoisotopic (exact) mass is 281 g/mol. The summed E-state index contributed by atoms with van der Waals surface area (Å²) < 4.78 is 0. The third-order valence-electron chi connectivity index (χ3n) is 3.93. The average Bonchev–Trinajstić information content (AvgIpc) is 2.78. The van der Waals surface area contributed by atoms with Gasteiger partial charge in [0.15, 0.2) is 0 Å². The summed E-state index contributed by atoms with van der Waals surface area (Å²) in [5.41, 5.74) is 2.37. The fourth-order valence-corrected chi connectivity index (χ4v) is 2.78. The lowest BCUT2D eigenvalue weighted by Crippen LogP contribution is -2.33. The molecule has 0 aliphatic carbocycles. The first-order valence-electron chi connectivity index (χ1n) is 6.99. The van der Waals surface area contributed by atoms with Crippen LogP contribution < -0.4 is 5.32 Å². The van der Waals surface area contributed by atoms with Gasteiger partial charge in [0, 0.05) is 12.1 Å². The van der Waals surface area contributed by atoms with Gasteiger partial charge < -0.3 is 5.32 Å². The summed E-state index contributed by atoms with van der Waals surface area (Å²) >= 11 is 0. The van der Waals surface area contributed by atoms with Gasteiger partial charge in [-0.15, -0.1) is 0 Å². The summed E-state index contributed by atoms with van der Waals surface area (Å²) in [7, 11) is 0. The molecule has 1 fully saturated rings. The van der Waals surface area contributed by atoms with Gasteiger partial charge in [-0.05, 0) is 37.1 Å². The van der Waals surface area contributed by atoms with Crippen LogP contribution in [-0.4, -0.2) is 36.3 Å². The highest BCUT2D eigenvalue weighted by atomic mass is 16.2. The minimum atomic E-state index is -0.312. The molecule has 5 nitrogen and oxygen atoms in total. The van der Waals surface area contributed by atoms with E-state index in [1.54, 1.807) is 24.3 Å². The second-order valence-electron chi connectivity index (χ2n) is 5.22. The molecule has 0 aromatic heterocycles. The van der Waals surface area contributed by atoms with Gasteiger partial charge in [0.1, 0.15) is 0 Å². The lowest BCUT2D eigenvalue weighted by atomic mass is 10.0. The lowest BCUT2D eigenvalue weighted by molar-refractivity contribution is 0.0669. The highest BCUT2D eigenvalue weighted by molar-refractivity contribution is 6.21. The van der Waals surface area contributed by atoms with Crippen molar-refractivity contribution in [1.82, 2.24) is 10.2 Å². The van der Waals surface area contributed by atoms with Crippen molar-refractivity contribution in [3.63, 3.8) is 0 Å². The number of hydrogen-bond donors (Lipinski definition) is 1. The van der Waals surface area contributed by atoms with Crippen LogP contribution in [0.4, 0.5) is 0 Å². The second kappa shape index (κ2) is 5.51. The standard InChI is InChI=1S/C16H15N3O2/c17-8-12(11-4-3-7-18-9-11)10-19-15(20)13-5-1-2-6-14(13)16(19)21/h1-2,5-6,18H,3-4,7,9-10H2/b12-11+. The molecule has 2 amide bonds. The third-order valence-corrected chi connectivity index (χ3v) is 3.93. The number of imide groups is 1. The van der Waals surface area contributed by atoms with Gasteiger partial charge >= 0.3 is 0 Å². The summed E-state index contributed by atoms with van der Waals surface area (Å²) in [4.78, 5) is 25.8. The Morgan fingerprint density at radius 3 is 2.43 bits per heavy atom. The molecule has 2 heterocycles. The van der Waals surface area contributed by atoms with E-state index < -0.39 is 0 Å². The molecule has 0 saturated carbocycles. The highest BCUT2D eigenvalue weighted by Crippen LogP contribution is 2.24. The third kappa shape index (κ3) is 2.34. The first-order valence-corrected chi connectivity index (χ1v) is 6.99. The number of nitrogens with zero attached hydrogens (tertiary/aromatic N) is 2. The van der Waals surface area contributed by atoms with Crippen LogP contribution in [-0.2, 0) is 0 Å². The molecule has 2 aliphatic heterocycles. The van der Waals surface area contributed by atoms with E-state index in [-0.39, 0.29) is 18.4 Å². The van der Waals surface area contributed by atoms with E-state index in [1.807, 2.05) is 0 Å². The molecule has 0 spiro atoms. The van der Waals surface area contributed by atoms with Crippen LogP contribution >= 0.6 is 0 Å². The molecule has 5 heteroatoms. The van der Waals surface area contributed by atoms with Crippen molar-refractivity contribution in [3.8, 4) is 6.07 Å². The Hall–Kier alpha value is -2.45. The molecule has 1 N–H and O–H groups in total. The van der Waals surface area contributed by atoms with Crippen LogP contribution in [0.2, 0.25) is 0 Å². The number of amides is 2. The highest BCUT2D eigenvalue weighted by Gasteiger charge is 2.35. The van der Waals surface area contributed by atoms with E-state index in [4.69, 9.17) is 0 Å². The molecule has 0 bridgehead atoms. The number of rotatable bonds is 2. The number of nitrogens with one attached hydrogen (secondary N) is 1. The predicted molar refractivity (Wildman–Crippen MR) is 76.6 cm³/mol. The number of hydrogen-bond acceptors (Lipinski definition) is 4. The molecule has 0 atom stereocenters. The Morgan fingerprint density at radius 1 is 1.24 bits per heavy atom. The summed E-state index contributed by atoms with van der Waals surface area (Å²) in [6.45, 7) is 1.67. The first kappa shape index (κ1) is 13.5. The number of piperidine rings is 1. The first-order chi connectivity index (χ1) is 10.2. The van der Waals surface area contributed by atoms with Gasteiger partial charge in [-0.2, -0.15) is 5.26 Å². The molecule has 2 aliphatic rings. The largest absolute Gasteiger partial charge is 0.313 e. The number of carbonyl (C=O) groups excluding carboxylic acids is 2. The Kier molecular flexibility index (Phi) is 3.55. The van der Waals surface area contributed by atoms with E-state index in [2.05, 4.69) is 11.4 Å². The molecule has 0 radical (unpaired) electrons. The maximum Gasteiger partial charge on any atom is 0.261 e. The van der Waals surface area contributed by atoms with Gasteiger partial charge in [-0.1, -0.05) is 12.1 Å². The zero-order valence-corrected chi connectivity index (χ0v) is 11.6. The van der Waals surface area contributed by atoms with Crippen LogP contribution in [0, 0.1) is 11.3 Å². The van der Waals surface area contributed by atoms with E-state index in [9.17, 15) is 14.9 Å². The maximum absolute atomic E-state index is 12.3. The summed E-state index contributed by atoms with van der Waals surface area (Å²) in [6.07, 6.45) is 1.82. The van der Waals surface area contributed by atoms with Crippen molar-refractivity contribution in [3.05, 3.63) is 46.5 Å². The normalized spacial score (nSPS) is 20.2. The molecule has 0 unspecified atom stereocenters. The van der Waals surface area contributed by atoms with E-state index in [1.165, 1.54) is 4.90 Å². The van der Waals surface area contributed by atoms with Gasteiger partial charge in [-0.25, -0.2) is 0 Å². The van der Waals surface area contributed by atoms with Crippen molar-refractivity contribution in [2.45, 2.75) is 12.8 Å². The fourth-order valence-electron chi connectivity index (χ4n) is 2.78. The van der Waals surface area contributed by atoms with Crippen molar-refractivity contribution in [2.75, 3.05) is 19.6 Å². The van der Waals surface area contributed by atoms with E-state index in [0.29, 0.717) is 23.2 Å². The zero-order valence-electron chi connectivity index (χ0n) is 11.6. The number of nitriles is 1. The van der Waals surface area contributed by atoms with Crippen LogP contribution in [0.15, 0.2) is 35.4 Å². The number of carbonyl (C=O) groups is 2. The summed E-state index contributed by atoms with van der Waals surface area (Å²) in [5.74, 6) is -0.625. The van der Waals surface area contributed by atoms with Crippen molar-refractivity contribution in [1.29, 1.82) is 5.26 Å². The molecular weight excluding hydrogens is 266 g/mol. The molecular formula is C16H15N3O2. The number of benzene rings is 1. The quantitative estimate of drug-likeness (QED) is 0.658. The van der Waals surface area contributed by atoms with Crippen LogP contribution in [0.1, 0.15) is 33.6 Å². The minimum absolute atomic E-state index is 0.0693. The molecule has 3 rings (SSSR count). The molecule has 1 aromatic rings. The molecule has 106 valence electrons. The SMILES string of the molecule is N#C/C(CN1C(=O)c2ccccc2C1=O)=C1/CCCNC1. The summed E-state index contributed by atoms with van der Waals surface area (Å²) in [5, 5.41) is 12.6. The van der Waals surface area contributed by atoms with Crippen LogP contribution in [0.25, 0.3) is 0 Å². The van der Waals surface area contributed by atoms with Gasteiger partial charge in [0.25, 0.3) is 11.8 Å². The second-order valence-corrected chi connectivity index (χ2v) is 5.22. The summed E-state index contributed by atoms with van der Waals surface area (Å²) in [6, 6.07) is 8.94. The lowest BCUT2D eigenvalue weighted by Gasteiger charge is -2.20. The van der Waals surface area contributed by atoms with Crippen molar-refractivity contribution in [2.24, 2.45) is 0 Å². The number of fused-ring (bicyclic) bond motifs is 1. The van der Waals surface area contributed by atoms with E-state index >= 15 is 0 Å². The van der Waals surface area contributed by atoms with Crippen molar-refractivity contribution < 1.29 is 9.59 Å². The average molecular weight is 281 g/mol. The predicted octanol–water partition coefficient (Wildman–Crippen LogP) is 1.49. The Morgan fingerprint density at radius 2 is 1.90 bits per heavy atom. The van der Waals surface area contributed by atoms with Gasteiger partial charge in [0.05, 0.1) is 23.7 Å². The zero-order chi connectivity index (χ0) is 14.8. The Bertz CT molecular complexity index is 642. The van der Waals surface area contributed by atoms with Crippen LogP contribution in [0.5, 0.6) is 0 Å². The van der Waals surface area contributed by atoms with E-state index in [0.717, 1.165) is 25.0 Å². The molecule has 1 aromatic carbocycles. The maximum atomic E-state index is 12.3. The topological polar surface area (TPSA) is 73.2 Å². The molecule has 1 saturated heterocycles. The van der Waals surface area contributed by atoms with Gasteiger partial charge in [0.2, 0.25) is 0 Å².